The molecule has 0 heterocycles. The van der Waals surface area contributed by atoms with Crippen molar-refractivity contribution < 1.29 is 4.79 Å². The van der Waals surface area contributed by atoms with Gasteiger partial charge in [-0.25, -0.2) is 0 Å². The van der Waals surface area contributed by atoms with Crippen LogP contribution in [0.25, 0.3) is 11.1 Å². The van der Waals surface area contributed by atoms with Crippen LogP contribution in [0.15, 0.2) is 42.5 Å². The average molecular weight is 238 g/mol. The van der Waals surface area contributed by atoms with Gasteiger partial charge in [0.15, 0.2) is 5.78 Å². The van der Waals surface area contributed by atoms with Crippen molar-refractivity contribution in [1.29, 1.82) is 0 Å². The molecule has 18 heavy (non-hydrogen) atoms. The lowest BCUT2D eigenvalue weighted by Crippen LogP contribution is -1.96. The summed E-state index contributed by atoms with van der Waals surface area (Å²) >= 11 is 0. The van der Waals surface area contributed by atoms with Gasteiger partial charge in [0, 0.05) is 12.0 Å². The third kappa shape index (κ3) is 2.67. The van der Waals surface area contributed by atoms with Crippen molar-refractivity contribution in [3.8, 4) is 11.1 Å². The average Bonchev–Trinajstić information content (AvgIpc) is 2.37. The van der Waals surface area contributed by atoms with Crippen LogP contribution in [-0.4, -0.2) is 5.78 Å². The van der Waals surface area contributed by atoms with E-state index in [-0.39, 0.29) is 5.78 Å². The van der Waals surface area contributed by atoms with Crippen LogP contribution in [0.5, 0.6) is 0 Å². The van der Waals surface area contributed by atoms with Gasteiger partial charge in [-0.15, -0.1) is 0 Å². The molecule has 1 heteroatoms. The zero-order chi connectivity index (χ0) is 13.1. The van der Waals surface area contributed by atoms with Crippen LogP contribution < -0.4 is 0 Å². The van der Waals surface area contributed by atoms with Crippen LogP contribution in [0.4, 0.5) is 0 Å². The summed E-state index contributed by atoms with van der Waals surface area (Å²) in [6.45, 7) is 6.08. The Hall–Kier alpha value is -1.89. The van der Waals surface area contributed by atoms with Crippen LogP contribution in [-0.2, 0) is 0 Å². The monoisotopic (exact) mass is 238 g/mol. The van der Waals surface area contributed by atoms with E-state index in [0.717, 1.165) is 11.1 Å². The maximum absolute atomic E-state index is 11.7. The minimum atomic E-state index is 0.196. The number of hydrogen-bond acceptors (Lipinski definition) is 1. The minimum absolute atomic E-state index is 0.196. The Balaban J connectivity index is 2.47. The Labute approximate surface area is 108 Å². The lowest BCUT2D eigenvalue weighted by molar-refractivity contribution is 0.0988. The van der Waals surface area contributed by atoms with E-state index in [1.165, 1.54) is 16.7 Å². The van der Waals surface area contributed by atoms with Gasteiger partial charge in [-0.3, -0.25) is 4.79 Å². The fraction of sp³-hybridized carbons (Fsp3) is 0.235. The molecule has 0 bridgehead atoms. The zero-order valence-corrected chi connectivity index (χ0v) is 11.2. The van der Waals surface area contributed by atoms with Crippen molar-refractivity contribution in [3.63, 3.8) is 0 Å². The summed E-state index contributed by atoms with van der Waals surface area (Å²) in [4.78, 5) is 11.7. The van der Waals surface area contributed by atoms with Gasteiger partial charge < -0.3 is 0 Å². The molecule has 0 atom stereocenters. The lowest BCUT2D eigenvalue weighted by atomic mass is 9.98. The Bertz CT molecular complexity index is 562. The second kappa shape index (κ2) is 5.18. The molecule has 2 rings (SSSR count). The van der Waals surface area contributed by atoms with Crippen LogP contribution in [0.3, 0.4) is 0 Å². The SMILES string of the molecule is CCC(=O)c1cccc(-c2cc(C)cc(C)c2)c1. The molecule has 0 unspecified atom stereocenters. The highest BCUT2D eigenvalue weighted by Crippen LogP contribution is 2.23. The number of ketones is 1. The summed E-state index contributed by atoms with van der Waals surface area (Å²) in [5.41, 5.74) is 5.59. The summed E-state index contributed by atoms with van der Waals surface area (Å²) in [5, 5.41) is 0. The summed E-state index contributed by atoms with van der Waals surface area (Å²) in [6.07, 6.45) is 0.552. The van der Waals surface area contributed by atoms with Gasteiger partial charge >= 0.3 is 0 Å². The Morgan fingerprint density at radius 2 is 1.61 bits per heavy atom. The number of aryl methyl sites for hydroxylation is 2. The van der Waals surface area contributed by atoms with E-state index in [1.807, 2.05) is 25.1 Å². The van der Waals surface area contributed by atoms with Crippen molar-refractivity contribution in [1.82, 2.24) is 0 Å². The molecule has 0 saturated heterocycles. The van der Waals surface area contributed by atoms with Crippen LogP contribution in [0, 0.1) is 13.8 Å². The highest BCUT2D eigenvalue weighted by molar-refractivity contribution is 5.97. The second-order valence-electron chi connectivity index (χ2n) is 4.73. The molecule has 0 amide bonds. The number of Topliss-reactive ketones (excluding diaryl/α,β-unsaturated/α-hetero) is 1. The number of hydrogen-bond donors (Lipinski definition) is 0. The fourth-order valence-corrected chi connectivity index (χ4v) is 2.22. The van der Waals surface area contributed by atoms with E-state index in [2.05, 4.69) is 38.1 Å². The number of carbonyl (C=O) groups excluding carboxylic acids is 1. The largest absolute Gasteiger partial charge is 0.294 e. The first kappa shape index (κ1) is 12.6. The first-order valence-electron chi connectivity index (χ1n) is 6.32. The topological polar surface area (TPSA) is 17.1 Å². The van der Waals surface area contributed by atoms with E-state index >= 15 is 0 Å². The molecule has 2 aromatic rings. The molecule has 0 aromatic heterocycles. The normalized spacial score (nSPS) is 10.4. The van der Waals surface area contributed by atoms with E-state index in [1.54, 1.807) is 0 Å². The highest BCUT2D eigenvalue weighted by Gasteiger charge is 2.05. The number of carbonyl (C=O) groups is 1. The smallest absolute Gasteiger partial charge is 0.162 e. The molecule has 2 aromatic carbocycles. The Kier molecular flexibility index (Phi) is 3.61. The molecule has 0 radical (unpaired) electrons. The maximum Gasteiger partial charge on any atom is 0.162 e. The van der Waals surface area contributed by atoms with Gasteiger partial charge in [0.1, 0.15) is 0 Å². The molecule has 92 valence electrons. The summed E-state index contributed by atoms with van der Waals surface area (Å²) in [7, 11) is 0. The van der Waals surface area contributed by atoms with Crippen molar-refractivity contribution in [2.45, 2.75) is 27.2 Å². The molecule has 0 fully saturated rings. The van der Waals surface area contributed by atoms with E-state index in [4.69, 9.17) is 0 Å². The summed E-state index contributed by atoms with van der Waals surface area (Å²) < 4.78 is 0. The van der Waals surface area contributed by atoms with Crippen molar-refractivity contribution in [3.05, 3.63) is 59.2 Å². The van der Waals surface area contributed by atoms with Gasteiger partial charge in [0.25, 0.3) is 0 Å². The van der Waals surface area contributed by atoms with Crippen molar-refractivity contribution in [2.24, 2.45) is 0 Å². The maximum atomic E-state index is 11.7. The third-order valence-corrected chi connectivity index (χ3v) is 3.06. The van der Waals surface area contributed by atoms with Crippen molar-refractivity contribution >= 4 is 5.78 Å². The molecule has 0 saturated carbocycles. The first-order chi connectivity index (χ1) is 8.60. The van der Waals surface area contributed by atoms with Crippen LogP contribution >= 0.6 is 0 Å². The summed E-state index contributed by atoms with van der Waals surface area (Å²) in [6, 6.07) is 14.4. The van der Waals surface area contributed by atoms with E-state index in [0.29, 0.717) is 6.42 Å². The second-order valence-corrected chi connectivity index (χ2v) is 4.73. The molecule has 0 spiro atoms. The molecule has 0 aliphatic heterocycles. The molecule has 0 N–H and O–H groups in total. The van der Waals surface area contributed by atoms with Gasteiger partial charge in [-0.1, -0.05) is 54.4 Å². The standard InChI is InChI=1S/C17H18O/c1-4-17(18)15-7-5-6-14(11-15)16-9-12(2)8-13(3)10-16/h5-11H,4H2,1-3H3. The molecular formula is C17H18O. The fourth-order valence-electron chi connectivity index (χ4n) is 2.22. The van der Waals surface area contributed by atoms with Gasteiger partial charge in [-0.05, 0) is 31.0 Å². The molecular weight excluding hydrogens is 220 g/mol. The quantitative estimate of drug-likeness (QED) is 0.716. The van der Waals surface area contributed by atoms with Crippen LogP contribution in [0.2, 0.25) is 0 Å². The Morgan fingerprint density at radius 1 is 0.944 bits per heavy atom. The third-order valence-electron chi connectivity index (χ3n) is 3.06. The van der Waals surface area contributed by atoms with Crippen LogP contribution in [0.1, 0.15) is 34.8 Å². The minimum Gasteiger partial charge on any atom is -0.294 e. The van der Waals surface area contributed by atoms with Gasteiger partial charge in [0.2, 0.25) is 0 Å². The number of benzene rings is 2. The molecule has 0 aliphatic carbocycles. The predicted octanol–water partition coefficient (Wildman–Crippen LogP) is 4.56. The zero-order valence-electron chi connectivity index (χ0n) is 11.2. The summed E-state index contributed by atoms with van der Waals surface area (Å²) in [5.74, 6) is 0.196. The van der Waals surface area contributed by atoms with Crippen molar-refractivity contribution in [2.75, 3.05) is 0 Å². The molecule has 0 aliphatic rings. The Morgan fingerprint density at radius 3 is 2.22 bits per heavy atom. The number of rotatable bonds is 3. The lowest BCUT2D eigenvalue weighted by Gasteiger charge is -2.07. The highest BCUT2D eigenvalue weighted by atomic mass is 16.1. The van der Waals surface area contributed by atoms with E-state index in [9.17, 15) is 4.79 Å². The van der Waals surface area contributed by atoms with Gasteiger partial charge in [0.05, 0.1) is 0 Å². The van der Waals surface area contributed by atoms with Gasteiger partial charge in [-0.2, -0.15) is 0 Å². The first-order valence-corrected chi connectivity index (χ1v) is 6.32. The molecule has 1 nitrogen and oxygen atoms in total. The predicted molar refractivity (Wildman–Crippen MR) is 76.0 cm³/mol. The van der Waals surface area contributed by atoms with E-state index < -0.39 is 0 Å².